The molecule has 100 valence electrons. The van der Waals surface area contributed by atoms with Crippen molar-refractivity contribution in [3.05, 3.63) is 40.6 Å². The number of carbonyl (C=O) groups excluding carboxylic acids is 1. The molecule has 6 heteroatoms. The number of nitrogens with one attached hydrogen (secondary N) is 2. The minimum atomic E-state index is -0.135. The fraction of sp³-hybridized carbons (Fsp3) is 0.385. The van der Waals surface area contributed by atoms with Gasteiger partial charge in [-0.2, -0.15) is 0 Å². The van der Waals surface area contributed by atoms with E-state index in [9.17, 15) is 4.79 Å². The van der Waals surface area contributed by atoms with Crippen molar-refractivity contribution < 1.29 is 4.79 Å². The Labute approximate surface area is 119 Å². The van der Waals surface area contributed by atoms with E-state index in [1.165, 1.54) is 0 Å². The molecule has 0 bridgehead atoms. The van der Waals surface area contributed by atoms with Crippen molar-refractivity contribution in [2.24, 2.45) is 0 Å². The van der Waals surface area contributed by atoms with E-state index < -0.39 is 0 Å². The summed E-state index contributed by atoms with van der Waals surface area (Å²) in [7, 11) is 0. The summed E-state index contributed by atoms with van der Waals surface area (Å²) in [6.45, 7) is 1.91. The molecule has 2 N–H and O–H groups in total. The molecule has 1 amide bonds. The maximum atomic E-state index is 12.3. The smallest absolute Gasteiger partial charge is 0.268 e. The van der Waals surface area contributed by atoms with Crippen LogP contribution in [-0.2, 0) is 0 Å². The third kappa shape index (κ3) is 2.58. The van der Waals surface area contributed by atoms with E-state index in [0.717, 1.165) is 23.1 Å². The van der Waals surface area contributed by atoms with Gasteiger partial charge in [-0.05, 0) is 41.8 Å². The number of nitrogens with zero attached hydrogens (tertiary/aromatic N) is 2. The van der Waals surface area contributed by atoms with Gasteiger partial charge < -0.3 is 14.9 Å². The zero-order chi connectivity index (χ0) is 13.4. The van der Waals surface area contributed by atoms with Crippen molar-refractivity contribution in [1.82, 2.24) is 19.9 Å². The Hall–Kier alpha value is -1.56. The van der Waals surface area contributed by atoms with Crippen molar-refractivity contribution >= 4 is 21.8 Å². The fourth-order valence-corrected chi connectivity index (χ4v) is 2.57. The van der Waals surface area contributed by atoms with Gasteiger partial charge in [0.05, 0.1) is 6.04 Å². The maximum Gasteiger partial charge on any atom is 0.268 e. The van der Waals surface area contributed by atoms with Crippen molar-refractivity contribution in [1.29, 1.82) is 0 Å². The molecule has 1 saturated carbocycles. The van der Waals surface area contributed by atoms with E-state index >= 15 is 0 Å². The first kappa shape index (κ1) is 12.5. The lowest BCUT2D eigenvalue weighted by molar-refractivity contribution is 0.0929. The SMILES string of the molecule is CC(NC(=O)c1cc(Br)cn1C1CC1)c1ncc[nH]1. The Morgan fingerprint density at radius 3 is 3.05 bits per heavy atom. The van der Waals surface area contributed by atoms with Gasteiger partial charge in [0.25, 0.3) is 5.91 Å². The number of hydrogen-bond donors (Lipinski definition) is 2. The van der Waals surface area contributed by atoms with Crippen molar-refractivity contribution in [2.75, 3.05) is 0 Å². The Kier molecular flexibility index (Phi) is 3.18. The molecule has 1 unspecified atom stereocenters. The second-order valence-corrected chi connectivity index (χ2v) is 5.77. The molecule has 1 aliphatic carbocycles. The summed E-state index contributed by atoms with van der Waals surface area (Å²) in [6.07, 6.45) is 7.71. The Morgan fingerprint density at radius 1 is 1.63 bits per heavy atom. The summed E-state index contributed by atoms with van der Waals surface area (Å²) < 4.78 is 2.99. The molecule has 19 heavy (non-hydrogen) atoms. The van der Waals surface area contributed by atoms with Crippen LogP contribution < -0.4 is 5.32 Å². The predicted molar refractivity (Wildman–Crippen MR) is 74.9 cm³/mol. The highest BCUT2D eigenvalue weighted by Crippen LogP contribution is 2.37. The number of halogens is 1. The van der Waals surface area contributed by atoms with Gasteiger partial charge in [-0.15, -0.1) is 0 Å². The predicted octanol–water partition coefficient (Wildman–Crippen LogP) is 2.80. The average Bonchev–Trinajstić information content (AvgIpc) is 2.91. The van der Waals surface area contributed by atoms with Gasteiger partial charge in [0.2, 0.25) is 0 Å². The topological polar surface area (TPSA) is 62.7 Å². The maximum absolute atomic E-state index is 12.3. The Morgan fingerprint density at radius 2 is 2.42 bits per heavy atom. The largest absolute Gasteiger partial charge is 0.347 e. The highest BCUT2D eigenvalue weighted by atomic mass is 79.9. The summed E-state index contributed by atoms with van der Waals surface area (Å²) >= 11 is 3.43. The molecule has 0 aliphatic heterocycles. The van der Waals surface area contributed by atoms with E-state index in [-0.39, 0.29) is 11.9 Å². The lowest BCUT2D eigenvalue weighted by atomic mass is 10.3. The van der Waals surface area contributed by atoms with Gasteiger partial charge in [0.15, 0.2) is 0 Å². The summed E-state index contributed by atoms with van der Waals surface area (Å²) in [5.74, 6) is 0.693. The molecule has 5 nitrogen and oxygen atoms in total. The second kappa shape index (κ2) is 4.85. The van der Waals surface area contributed by atoms with Crippen molar-refractivity contribution in [3.63, 3.8) is 0 Å². The zero-order valence-corrected chi connectivity index (χ0v) is 12.1. The number of rotatable bonds is 4. The van der Waals surface area contributed by atoms with Crippen LogP contribution in [0, 0.1) is 0 Å². The highest BCUT2D eigenvalue weighted by Gasteiger charge is 2.28. The number of carbonyl (C=O) groups is 1. The first-order valence-corrected chi connectivity index (χ1v) is 7.12. The van der Waals surface area contributed by atoms with Gasteiger partial charge in [0.1, 0.15) is 11.5 Å². The molecule has 1 aliphatic rings. The first-order valence-electron chi connectivity index (χ1n) is 6.32. The third-order valence-electron chi connectivity index (χ3n) is 3.27. The first-order chi connectivity index (χ1) is 9.15. The number of H-pyrrole nitrogens is 1. The Bertz CT molecular complexity index is 586. The number of imidazole rings is 1. The summed E-state index contributed by atoms with van der Waals surface area (Å²) in [5.41, 5.74) is 0.702. The van der Waals surface area contributed by atoms with Crippen molar-refractivity contribution in [3.8, 4) is 0 Å². The third-order valence-corrected chi connectivity index (χ3v) is 3.70. The van der Waals surface area contributed by atoms with E-state index in [4.69, 9.17) is 0 Å². The van der Waals surface area contributed by atoms with Gasteiger partial charge in [0, 0.05) is 29.1 Å². The number of aromatic nitrogens is 3. The average molecular weight is 323 g/mol. The zero-order valence-electron chi connectivity index (χ0n) is 10.6. The van der Waals surface area contributed by atoms with E-state index in [1.807, 2.05) is 23.8 Å². The van der Waals surface area contributed by atoms with E-state index in [1.54, 1.807) is 12.4 Å². The lowest BCUT2D eigenvalue weighted by Gasteiger charge is -2.13. The molecule has 0 spiro atoms. The number of aromatic amines is 1. The van der Waals surface area contributed by atoms with Crippen LogP contribution in [0.1, 0.15) is 48.2 Å². The molecule has 2 aromatic heterocycles. The lowest BCUT2D eigenvalue weighted by Crippen LogP contribution is -2.29. The monoisotopic (exact) mass is 322 g/mol. The molecule has 0 radical (unpaired) electrons. The molecule has 3 rings (SSSR count). The number of hydrogen-bond acceptors (Lipinski definition) is 2. The van der Waals surface area contributed by atoms with Gasteiger partial charge >= 0.3 is 0 Å². The minimum absolute atomic E-state index is 0.0681. The molecule has 0 aromatic carbocycles. The highest BCUT2D eigenvalue weighted by molar-refractivity contribution is 9.10. The van der Waals surface area contributed by atoms with E-state index in [2.05, 4.69) is 31.2 Å². The molecule has 2 heterocycles. The summed E-state index contributed by atoms with van der Waals surface area (Å²) in [5, 5.41) is 2.96. The molecular weight excluding hydrogens is 308 g/mol. The molecule has 1 fully saturated rings. The summed E-state index contributed by atoms with van der Waals surface area (Å²) in [6, 6.07) is 2.21. The van der Waals surface area contributed by atoms with Gasteiger partial charge in [-0.25, -0.2) is 4.98 Å². The fourth-order valence-electron chi connectivity index (χ4n) is 2.14. The van der Waals surface area contributed by atoms with Gasteiger partial charge in [-0.1, -0.05) is 0 Å². The van der Waals surface area contributed by atoms with E-state index in [0.29, 0.717) is 11.7 Å². The van der Waals surface area contributed by atoms with Crippen LogP contribution in [0.25, 0.3) is 0 Å². The standard InChI is InChI=1S/C13H15BrN4O/c1-8(12-15-4-5-16-12)17-13(19)11-6-9(14)7-18(11)10-2-3-10/h4-8,10H,2-3H2,1H3,(H,15,16)(H,17,19). The molecule has 1 atom stereocenters. The quantitative estimate of drug-likeness (QED) is 0.909. The van der Waals surface area contributed by atoms with Crippen LogP contribution in [0.2, 0.25) is 0 Å². The van der Waals surface area contributed by atoms with Crippen LogP contribution in [0.4, 0.5) is 0 Å². The molecule has 0 saturated heterocycles. The van der Waals surface area contributed by atoms with Crippen molar-refractivity contribution in [2.45, 2.75) is 31.8 Å². The van der Waals surface area contributed by atoms with Crippen LogP contribution in [0.5, 0.6) is 0 Å². The number of amides is 1. The van der Waals surface area contributed by atoms with Crippen LogP contribution in [-0.4, -0.2) is 20.4 Å². The summed E-state index contributed by atoms with van der Waals surface area (Å²) in [4.78, 5) is 19.5. The van der Waals surface area contributed by atoms with Crippen LogP contribution >= 0.6 is 15.9 Å². The van der Waals surface area contributed by atoms with Crippen LogP contribution in [0.3, 0.4) is 0 Å². The molecular formula is C13H15BrN4O. The normalized spacial score (nSPS) is 16.3. The van der Waals surface area contributed by atoms with Gasteiger partial charge in [-0.3, -0.25) is 4.79 Å². The second-order valence-electron chi connectivity index (χ2n) is 4.85. The molecule has 2 aromatic rings. The minimum Gasteiger partial charge on any atom is -0.347 e. The Balaban J connectivity index is 1.77. The van der Waals surface area contributed by atoms with Crippen LogP contribution in [0.15, 0.2) is 29.1 Å².